The van der Waals surface area contributed by atoms with E-state index in [1.165, 1.54) is 18.4 Å². The molecule has 0 amide bonds. The number of hydrogen-bond donors (Lipinski definition) is 0. The maximum absolute atomic E-state index is 4.64. The fourth-order valence-corrected chi connectivity index (χ4v) is 0.349. The van der Waals surface area contributed by atoms with Crippen molar-refractivity contribution in [1.82, 2.24) is 0 Å². The van der Waals surface area contributed by atoms with Gasteiger partial charge in [-0.3, -0.25) is 0 Å². The maximum atomic E-state index is 4.64. The third kappa shape index (κ3) is 6.28. The first-order chi connectivity index (χ1) is 3.43. The smallest absolute Gasteiger partial charge is 1.00 e. The van der Waals surface area contributed by atoms with Gasteiger partial charge < -0.3 is 21.7 Å². The molecule has 1 rings (SSSR count). The van der Waals surface area contributed by atoms with Crippen molar-refractivity contribution in [2.45, 2.75) is 12.8 Å². The zero-order chi connectivity index (χ0) is 5.11. The van der Waals surface area contributed by atoms with Crippen molar-refractivity contribution in [3.63, 3.8) is 0 Å². The van der Waals surface area contributed by atoms with Gasteiger partial charge >= 0.3 is 18.9 Å². The first-order valence-corrected chi connectivity index (χ1v) is 2.39. The van der Waals surface area contributed by atoms with Gasteiger partial charge in [-0.2, -0.15) is 0 Å². The van der Waals surface area contributed by atoms with Gasteiger partial charge in [0.2, 0.25) is 0 Å². The first kappa shape index (κ1) is 12.1. The second-order valence-corrected chi connectivity index (χ2v) is 1.60. The van der Waals surface area contributed by atoms with E-state index in [2.05, 4.69) is 10.5 Å². The van der Waals surface area contributed by atoms with Crippen LogP contribution < -0.4 is 35.8 Å². The van der Waals surface area contributed by atoms with Gasteiger partial charge in [-0.1, -0.05) is 5.73 Å². The van der Waals surface area contributed by atoms with Crippen LogP contribution >= 0.6 is 0 Å². The molecule has 0 radical (unpaired) electrons. The molecule has 0 spiro atoms. The number of hydrogen-bond acceptors (Lipinski definition) is 1. The third-order valence-electron chi connectivity index (χ3n) is 0.881. The van der Waals surface area contributed by atoms with Crippen molar-refractivity contribution in [2.24, 2.45) is 0 Å². The molecule has 1 nitrogen and oxygen atoms in total. The van der Waals surface area contributed by atoms with Crippen LogP contribution in [0.15, 0.2) is 17.6 Å². The summed E-state index contributed by atoms with van der Waals surface area (Å²) in [5.74, 6) is 0. The van der Waals surface area contributed by atoms with E-state index < -0.39 is 0 Å². The molecule has 1 aliphatic carbocycles. The van der Waals surface area contributed by atoms with Gasteiger partial charge in [-0.25, -0.2) is 0 Å². The van der Waals surface area contributed by atoms with Crippen LogP contribution in [0.2, 0.25) is 0 Å². The molecule has 0 aliphatic heterocycles. The van der Waals surface area contributed by atoms with E-state index in [0.717, 1.165) is 0 Å². The van der Waals surface area contributed by atoms with Crippen molar-refractivity contribution in [3.8, 4) is 0 Å². The molecule has 0 bridgehead atoms. The van der Waals surface area contributed by atoms with Crippen molar-refractivity contribution in [1.29, 1.82) is 0 Å². The summed E-state index contributed by atoms with van der Waals surface area (Å²) in [7, 11) is 1.63. The van der Waals surface area contributed by atoms with Gasteiger partial charge in [0.05, 0.1) is 7.11 Å². The Hall–Kier alpha value is 0.397. The Balaban J connectivity index is 0. The Labute approximate surface area is 78.1 Å². The normalized spacial score (nSPS) is 11.9. The molecule has 0 N–H and O–H groups in total. The van der Waals surface area contributed by atoms with Crippen LogP contribution in [-0.4, -0.2) is 7.11 Å². The minimum Gasteiger partial charge on any atom is -1.00 e. The van der Waals surface area contributed by atoms with E-state index in [1.54, 1.807) is 13.4 Å². The molecule has 0 aromatic heterocycles. The molecule has 0 atom stereocenters. The van der Waals surface area contributed by atoms with E-state index in [9.17, 15) is 0 Å². The number of methoxy groups -OCH3 is 1. The largest absolute Gasteiger partial charge is 1.00 e. The topological polar surface area (TPSA) is 9.23 Å². The number of halogens is 1. The minimum absolute atomic E-state index is 0. The Morgan fingerprint density at radius 2 is 2.11 bits per heavy atom. The molecule has 0 unspecified atom stereocenters. The summed E-state index contributed by atoms with van der Waals surface area (Å²) in [5.41, 5.74) is 4.35. The quantitative estimate of drug-likeness (QED) is 0.226. The van der Waals surface area contributed by atoms with Crippen molar-refractivity contribution >= 4 is 0 Å². The van der Waals surface area contributed by atoms with E-state index in [-0.39, 0.29) is 35.8 Å². The molecule has 0 aromatic rings. The minimum atomic E-state index is 0. The molecule has 1 fully saturated rings. The summed E-state index contributed by atoms with van der Waals surface area (Å²) in [5, 5.41) is 0. The summed E-state index contributed by atoms with van der Waals surface area (Å²) >= 11 is 0. The van der Waals surface area contributed by atoms with Crippen LogP contribution in [0.5, 0.6) is 0 Å². The van der Waals surface area contributed by atoms with Crippen LogP contribution in [0.4, 0.5) is 0 Å². The molecule has 1 aliphatic rings. The Kier molecular flexibility index (Phi) is 8.77. The monoisotopic (exact) mass is 182 g/mol. The molecule has 0 aromatic carbocycles. The predicted octanol–water partition coefficient (Wildman–Crippen LogP) is -4.53. The number of rotatable bonds is 1. The summed E-state index contributed by atoms with van der Waals surface area (Å²) in [4.78, 5) is 0. The van der Waals surface area contributed by atoms with E-state index in [4.69, 9.17) is 0 Å². The zero-order valence-electron chi connectivity index (χ0n) is 5.78. The van der Waals surface area contributed by atoms with Crippen LogP contribution in [0.3, 0.4) is 0 Å². The maximum Gasteiger partial charge on any atom is 1.00 e. The average Bonchev–Trinajstić information content (AvgIpc) is 2.42. The number of ether oxygens (including phenoxy) is 1. The fraction of sp³-hybridized carbons (Fsp3) is 0.500. The molecular formula is C6H8BrLiO. The second-order valence-electron chi connectivity index (χ2n) is 1.60. The molecular weight excluding hydrogens is 175 g/mol. The van der Waals surface area contributed by atoms with Crippen LogP contribution in [0.25, 0.3) is 0 Å². The third-order valence-corrected chi connectivity index (χ3v) is 0.881. The summed E-state index contributed by atoms with van der Waals surface area (Å²) in [6, 6.07) is 0. The summed E-state index contributed by atoms with van der Waals surface area (Å²) in [6.07, 6.45) is 4.04. The van der Waals surface area contributed by atoms with Gasteiger partial charge in [-0.05, 0) is 18.4 Å². The van der Waals surface area contributed by atoms with E-state index >= 15 is 0 Å². The van der Waals surface area contributed by atoms with Crippen LogP contribution in [-0.2, 0) is 4.74 Å². The SMILES string of the molecule is COC=C=C1CC1.[Br-].[Li+]. The molecule has 3 heteroatoms. The Bertz CT molecular complexity index is 121. The molecule has 0 saturated heterocycles. The van der Waals surface area contributed by atoms with Crippen molar-refractivity contribution in [2.75, 3.05) is 7.11 Å². The zero-order valence-corrected chi connectivity index (χ0v) is 7.36. The standard InChI is InChI=1S/C6H8O.BrH.Li/c1-7-5-4-6-2-3-6;;/h5H,2-3H2,1H3;1H;/q;;+1/p-1. The first-order valence-electron chi connectivity index (χ1n) is 2.39. The fourth-order valence-electron chi connectivity index (χ4n) is 0.349. The van der Waals surface area contributed by atoms with E-state index in [1.807, 2.05) is 0 Å². The molecule has 1 saturated carbocycles. The van der Waals surface area contributed by atoms with Crippen molar-refractivity contribution < 1.29 is 40.6 Å². The summed E-state index contributed by atoms with van der Waals surface area (Å²) < 4.78 is 4.64. The number of allylic oxidation sites excluding steroid dienone is 1. The van der Waals surface area contributed by atoms with Gasteiger partial charge in [0.1, 0.15) is 6.26 Å². The van der Waals surface area contributed by atoms with Gasteiger partial charge in [0, 0.05) is 0 Å². The van der Waals surface area contributed by atoms with Gasteiger partial charge in [0.15, 0.2) is 0 Å². The summed E-state index contributed by atoms with van der Waals surface area (Å²) in [6.45, 7) is 0. The molecule has 9 heavy (non-hydrogen) atoms. The second kappa shape index (κ2) is 6.52. The van der Waals surface area contributed by atoms with Gasteiger partial charge in [-0.15, -0.1) is 0 Å². The Morgan fingerprint density at radius 3 is 2.44 bits per heavy atom. The Morgan fingerprint density at radius 1 is 1.56 bits per heavy atom. The van der Waals surface area contributed by atoms with Crippen LogP contribution in [0.1, 0.15) is 12.8 Å². The van der Waals surface area contributed by atoms with Crippen LogP contribution in [0, 0.1) is 0 Å². The molecule has 46 valence electrons. The molecule has 0 heterocycles. The van der Waals surface area contributed by atoms with Gasteiger partial charge in [0.25, 0.3) is 0 Å². The van der Waals surface area contributed by atoms with Crippen molar-refractivity contribution in [3.05, 3.63) is 17.6 Å². The average molecular weight is 183 g/mol. The predicted molar refractivity (Wildman–Crippen MR) is 27.8 cm³/mol. The van der Waals surface area contributed by atoms with E-state index in [0.29, 0.717) is 0 Å².